The van der Waals surface area contributed by atoms with Crippen LogP contribution in [0.5, 0.6) is 0 Å². The van der Waals surface area contributed by atoms with Gasteiger partial charge in [-0.25, -0.2) is 0 Å². The molecule has 6 heteroatoms. The number of aromatic nitrogens is 4. The predicted octanol–water partition coefficient (Wildman–Crippen LogP) is 3.66. The van der Waals surface area contributed by atoms with Gasteiger partial charge in [0, 0.05) is 11.3 Å². The van der Waals surface area contributed by atoms with Crippen molar-refractivity contribution in [1.29, 1.82) is 0 Å². The van der Waals surface area contributed by atoms with Crippen molar-refractivity contribution in [3.05, 3.63) is 60.2 Å². The Labute approximate surface area is 146 Å². The van der Waals surface area contributed by atoms with E-state index in [1.807, 2.05) is 42.5 Å². The predicted molar refractivity (Wildman–Crippen MR) is 97.1 cm³/mol. The van der Waals surface area contributed by atoms with Crippen LogP contribution in [-0.2, 0) is 4.79 Å². The summed E-state index contributed by atoms with van der Waals surface area (Å²) in [6, 6.07) is 16.8. The Morgan fingerprint density at radius 1 is 1.00 bits per heavy atom. The van der Waals surface area contributed by atoms with Crippen LogP contribution in [0.2, 0.25) is 0 Å². The van der Waals surface area contributed by atoms with E-state index in [0.717, 1.165) is 11.3 Å². The van der Waals surface area contributed by atoms with E-state index >= 15 is 0 Å². The van der Waals surface area contributed by atoms with Gasteiger partial charge in [0.15, 0.2) is 0 Å². The van der Waals surface area contributed by atoms with Crippen molar-refractivity contribution in [1.82, 2.24) is 20.2 Å². The Hall–Kier alpha value is -3.02. The fraction of sp³-hybridized carbons (Fsp3) is 0.263. The first-order valence-corrected chi connectivity index (χ1v) is 8.30. The summed E-state index contributed by atoms with van der Waals surface area (Å²) in [5.41, 5.74) is 2.88. The van der Waals surface area contributed by atoms with Gasteiger partial charge in [-0.15, -0.1) is 10.2 Å². The summed E-state index contributed by atoms with van der Waals surface area (Å²) >= 11 is 0. The highest BCUT2D eigenvalue weighted by Crippen LogP contribution is 2.20. The van der Waals surface area contributed by atoms with Crippen molar-refractivity contribution in [2.75, 3.05) is 5.32 Å². The van der Waals surface area contributed by atoms with Gasteiger partial charge in [0.2, 0.25) is 5.82 Å². The molecule has 0 spiro atoms. The molecule has 3 rings (SSSR count). The van der Waals surface area contributed by atoms with Crippen LogP contribution in [0.25, 0.3) is 11.4 Å². The van der Waals surface area contributed by atoms with Crippen LogP contribution in [0.1, 0.15) is 38.3 Å². The number of carbonyl (C=O) groups excluding carboxylic acids is 1. The smallest absolute Gasteiger partial charge is 0.250 e. The number of carbonyl (C=O) groups is 1. The molecule has 1 amide bonds. The molecule has 0 saturated heterocycles. The average Bonchev–Trinajstić information content (AvgIpc) is 3.12. The monoisotopic (exact) mass is 335 g/mol. The zero-order chi connectivity index (χ0) is 17.8. The summed E-state index contributed by atoms with van der Waals surface area (Å²) in [4.78, 5) is 13.7. The summed E-state index contributed by atoms with van der Waals surface area (Å²) in [6.07, 6.45) is 0. The van der Waals surface area contributed by atoms with Crippen LogP contribution < -0.4 is 5.32 Å². The van der Waals surface area contributed by atoms with Crippen LogP contribution in [0.3, 0.4) is 0 Å². The van der Waals surface area contributed by atoms with Crippen molar-refractivity contribution in [2.45, 2.75) is 32.7 Å². The number of rotatable bonds is 5. The number of amides is 1. The minimum absolute atomic E-state index is 0.190. The minimum atomic E-state index is -0.559. The zero-order valence-corrected chi connectivity index (χ0v) is 14.5. The molecule has 0 aliphatic rings. The number of tetrazole rings is 1. The molecule has 0 fully saturated rings. The van der Waals surface area contributed by atoms with Gasteiger partial charge < -0.3 is 5.32 Å². The van der Waals surface area contributed by atoms with E-state index in [4.69, 9.17) is 0 Å². The molecular weight excluding hydrogens is 314 g/mol. The van der Waals surface area contributed by atoms with Crippen LogP contribution >= 0.6 is 0 Å². The summed E-state index contributed by atoms with van der Waals surface area (Å²) < 4.78 is 0. The maximum atomic E-state index is 12.3. The van der Waals surface area contributed by atoms with Crippen molar-refractivity contribution < 1.29 is 4.79 Å². The van der Waals surface area contributed by atoms with E-state index in [9.17, 15) is 4.79 Å². The van der Waals surface area contributed by atoms with Gasteiger partial charge in [-0.2, -0.15) is 4.80 Å². The molecule has 0 unspecified atom stereocenters. The fourth-order valence-corrected chi connectivity index (χ4v) is 2.39. The Morgan fingerprint density at radius 3 is 2.32 bits per heavy atom. The van der Waals surface area contributed by atoms with Gasteiger partial charge in [0.25, 0.3) is 5.91 Å². The quantitative estimate of drug-likeness (QED) is 0.772. The molecule has 0 saturated carbocycles. The highest BCUT2D eigenvalue weighted by molar-refractivity contribution is 5.93. The van der Waals surface area contributed by atoms with Crippen LogP contribution in [0.4, 0.5) is 5.69 Å². The summed E-state index contributed by atoms with van der Waals surface area (Å²) in [7, 11) is 0. The molecule has 1 atom stereocenters. The Kier molecular flexibility index (Phi) is 4.88. The van der Waals surface area contributed by atoms with Crippen LogP contribution in [-0.4, -0.2) is 26.1 Å². The van der Waals surface area contributed by atoms with E-state index in [1.165, 1.54) is 10.4 Å². The zero-order valence-electron chi connectivity index (χ0n) is 14.5. The molecule has 2 aromatic carbocycles. The molecule has 3 aromatic rings. The van der Waals surface area contributed by atoms with Gasteiger partial charge >= 0.3 is 0 Å². The molecule has 0 aliphatic heterocycles. The Balaban J connectivity index is 1.72. The molecule has 0 radical (unpaired) electrons. The number of nitrogens with one attached hydrogen (secondary N) is 1. The molecule has 128 valence electrons. The number of para-hydroxylation sites is 1. The standard InChI is InChI=1S/C19H21N5O/c1-13(2)15-9-11-16(12-10-15)18-21-23-24(22-18)14(3)19(25)20-17-7-5-4-6-8-17/h4-14H,1-3H3,(H,20,25)/t14-/m1/s1. The number of hydrogen-bond donors (Lipinski definition) is 1. The van der Waals surface area contributed by atoms with E-state index in [2.05, 4.69) is 46.7 Å². The maximum Gasteiger partial charge on any atom is 0.250 e. The lowest BCUT2D eigenvalue weighted by molar-refractivity contribution is -0.119. The summed E-state index contributed by atoms with van der Waals surface area (Å²) in [5.74, 6) is 0.791. The number of anilines is 1. The SMILES string of the molecule is CC(C)c1ccc(-c2nnn([C@H](C)C(=O)Nc3ccccc3)n2)cc1. The van der Waals surface area contributed by atoms with Gasteiger partial charge in [0.1, 0.15) is 6.04 Å². The number of nitrogens with zero attached hydrogens (tertiary/aromatic N) is 4. The minimum Gasteiger partial charge on any atom is -0.324 e. The van der Waals surface area contributed by atoms with E-state index in [1.54, 1.807) is 6.92 Å². The lowest BCUT2D eigenvalue weighted by Gasteiger charge is -2.10. The van der Waals surface area contributed by atoms with Gasteiger partial charge in [-0.1, -0.05) is 56.3 Å². The lowest BCUT2D eigenvalue weighted by Crippen LogP contribution is -2.25. The average molecular weight is 335 g/mol. The third kappa shape index (κ3) is 3.91. The van der Waals surface area contributed by atoms with Crippen molar-refractivity contribution in [3.8, 4) is 11.4 Å². The third-order valence-electron chi connectivity index (χ3n) is 4.03. The highest BCUT2D eigenvalue weighted by Gasteiger charge is 2.19. The lowest BCUT2D eigenvalue weighted by atomic mass is 10.0. The Bertz CT molecular complexity index is 840. The molecule has 0 bridgehead atoms. The topological polar surface area (TPSA) is 72.7 Å². The summed E-state index contributed by atoms with van der Waals surface area (Å²) in [5, 5.41) is 15.3. The second-order valence-corrected chi connectivity index (χ2v) is 6.24. The van der Waals surface area contributed by atoms with Crippen molar-refractivity contribution in [2.24, 2.45) is 0 Å². The van der Waals surface area contributed by atoms with E-state index in [-0.39, 0.29) is 5.91 Å². The van der Waals surface area contributed by atoms with Gasteiger partial charge in [-0.3, -0.25) is 4.79 Å². The largest absolute Gasteiger partial charge is 0.324 e. The normalized spacial score (nSPS) is 12.2. The Morgan fingerprint density at radius 2 is 1.68 bits per heavy atom. The molecule has 1 heterocycles. The maximum absolute atomic E-state index is 12.3. The van der Waals surface area contributed by atoms with Crippen LogP contribution in [0.15, 0.2) is 54.6 Å². The second-order valence-electron chi connectivity index (χ2n) is 6.24. The second kappa shape index (κ2) is 7.25. The molecule has 0 aliphatic carbocycles. The number of benzene rings is 2. The highest BCUT2D eigenvalue weighted by atomic mass is 16.2. The van der Waals surface area contributed by atoms with Crippen LogP contribution in [0, 0.1) is 0 Å². The van der Waals surface area contributed by atoms with Gasteiger partial charge in [-0.05, 0) is 35.8 Å². The first-order valence-electron chi connectivity index (χ1n) is 8.30. The molecule has 1 N–H and O–H groups in total. The first kappa shape index (κ1) is 16.8. The molecule has 6 nitrogen and oxygen atoms in total. The molecular formula is C19H21N5O. The fourth-order valence-electron chi connectivity index (χ4n) is 2.39. The molecule has 25 heavy (non-hydrogen) atoms. The first-order chi connectivity index (χ1) is 12.0. The van der Waals surface area contributed by atoms with Gasteiger partial charge in [0.05, 0.1) is 0 Å². The van der Waals surface area contributed by atoms with E-state index < -0.39 is 6.04 Å². The van der Waals surface area contributed by atoms with E-state index in [0.29, 0.717) is 11.7 Å². The number of hydrogen-bond acceptors (Lipinski definition) is 4. The third-order valence-corrected chi connectivity index (χ3v) is 4.03. The molecule has 1 aromatic heterocycles. The summed E-state index contributed by atoms with van der Waals surface area (Å²) in [6.45, 7) is 6.04. The van der Waals surface area contributed by atoms with Crippen molar-refractivity contribution >= 4 is 11.6 Å². The van der Waals surface area contributed by atoms with Crippen molar-refractivity contribution in [3.63, 3.8) is 0 Å².